The van der Waals surface area contributed by atoms with Crippen LogP contribution in [-0.2, 0) is 4.79 Å². The molecule has 5 aromatic rings. The first-order chi connectivity index (χ1) is 18.2. The van der Waals surface area contributed by atoms with Gasteiger partial charge >= 0.3 is 5.69 Å². The molecule has 0 spiro atoms. The highest BCUT2D eigenvalue weighted by atomic mass is 79.9. The Bertz CT molecular complexity index is 1850. The van der Waals surface area contributed by atoms with Crippen LogP contribution < -0.4 is 16.0 Å². The summed E-state index contributed by atoms with van der Waals surface area (Å²) in [5.41, 5.74) is 5.28. The van der Waals surface area contributed by atoms with E-state index in [0.717, 1.165) is 20.6 Å². The summed E-state index contributed by atoms with van der Waals surface area (Å²) in [4.78, 5) is 40.0. The summed E-state index contributed by atoms with van der Waals surface area (Å²) in [7, 11) is 0. The van der Waals surface area contributed by atoms with E-state index in [1.54, 1.807) is 36.4 Å². The van der Waals surface area contributed by atoms with Gasteiger partial charge in [-0.05, 0) is 42.5 Å². The van der Waals surface area contributed by atoms with Gasteiger partial charge in [0.25, 0.3) is 11.5 Å². The number of benzene rings is 3. The summed E-state index contributed by atoms with van der Waals surface area (Å²) in [6, 6.07) is 16.4. The second-order valence-electron chi connectivity index (χ2n) is 7.97. The molecule has 13 heteroatoms. The fraction of sp³-hybridized carbons (Fsp3) is 0.0400. The van der Waals surface area contributed by atoms with Gasteiger partial charge in [-0.1, -0.05) is 39.7 Å². The van der Waals surface area contributed by atoms with Gasteiger partial charge in [0.2, 0.25) is 11.6 Å². The van der Waals surface area contributed by atoms with Crippen molar-refractivity contribution in [3.8, 4) is 17.3 Å². The van der Waals surface area contributed by atoms with Crippen molar-refractivity contribution in [1.29, 1.82) is 0 Å². The van der Waals surface area contributed by atoms with E-state index in [9.17, 15) is 19.7 Å². The number of carbonyl (C=O) groups excluding carboxylic acids is 1. The maximum absolute atomic E-state index is 13.4. The van der Waals surface area contributed by atoms with Crippen molar-refractivity contribution >= 4 is 67.2 Å². The highest BCUT2D eigenvalue weighted by molar-refractivity contribution is 9.10. The molecule has 190 valence electrons. The van der Waals surface area contributed by atoms with Gasteiger partial charge in [0, 0.05) is 21.5 Å². The Morgan fingerprint density at radius 3 is 2.79 bits per heavy atom. The van der Waals surface area contributed by atoms with Crippen LogP contribution in [0.1, 0.15) is 5.56 Å². The van der Waals surface area contributed by atoms with Gasteiger partial charge in [-0.3, -0.25) is 19.7 Å². The zero-order chi connectivity index (χ0) is 27.0. The number of para-hydroxylation sites is 1. The monoisotopic (exact) mass is 595 g/mol. The molecule has 2 N–H and O–H groups in total. The van der Waals surface area contributed by atoms with Crippen LogP contribution >= 0.6 is 27.5 Å². The average Bonchev–Trinajstić information content (AvgIpc) is 3.30. The molecule has 1 amide bonds. The molecule has 0 atom stereocenters. The molecule has 0 fully saturated rings. The summed E-state index contributed by atoms with van der Waals surface area (Å²) >= 11 is 9.62. The molecule has 0 radical (unpaired) electrons. The molecule has 0 aliphatic carbocycles. The van der Waals surface area contributed by atoms with Crippen LogP contribution in [0.2, 0.25) is 5.02 Å². The van der Waals surface area contributed by atoms with Gasteiger partial charge in [0.05, 0.1) is 27.1 Å². The van der Waals surface area contributed by atoms with Gasteiger partial charge in [-0.15, -0.1) is 0 Å². The van der Waals surface area contributed by atoms with Crippen LogP contribution in [0.4, 0.5) is 5.69 Å². The predicted octanol–water partition coefficient (Wildman–Crippen LogP) is 4.88. The number of carbonyl (C=O) groups is 1. The lowest BCUT2D eigenvalue weighted by atomic mass is 10.2. The van der Waals surface area contributed by atoms with E-state index in [1.807, 2.05) is 12.1 Å². The minimum absolute atomic E-state index is 0.124. The molecular formula is C25H15BrClN5O6. The third-order valence-corrected chi connectivity index (χ3v) is 6.15. The molecule has 2 heterocycles. The summed E-state index contributed by atoms with van der Waals surface area (Å²) in [5, 5.41) is 16.9. The number of halogens is 2. The number of hydrogen-bond acceptors (Lipinski definition) is 8. The van der Waals surface area contributed by atoms with Crippen LogP contribution in [0.3, 0.4) is 0 Å². The Hall–Kier alpha value is -4.55. The molecule has 11 nitrogen and oxygen atoms in total. The van der Waals surface area contributed by atoms with E-state index in [2.05, 4.69) is 26.0 Å². The van der Waals surface area contributed by atoms with E-state index in [1.165, 1.54) is 12.3 Å². The molecule has 2 aromatic heterocycles. The van der Waals surface area contributed by atoms with Crippen molar-refractivity contribution in [3.05, 3.63) is 96.2 Å². The minimum atomic E-state index is -0.824. The Morgan fingerprint density at radius 2 is 2.03 bits per heavy atom. The van der Waals surface area contributed by atoms with Crippen LogP contribution in [0.15, 0.2) is 79.4 Å². The van der Waals surface area contributed by atoms with Crippen molar-refractivity contribution < 1.29 is 18.9 Å². The van der Waals surface area contributed by atoms with Crippen molar-refractivity contribution in [2.75, 3.05) is 6.61 Å². The van der Waals surface area contributed by atoms with Gasteiger partial charge in [-0.2, -0.15) is 9.78 Å². The third kappa shape index (κ3) is 4.86. The van der Waals surface area contributed by atoms with Crippen molar-refractivity contribution in [2.24, 2.45) is 10.8 Å². The predicted molar refractivity (Wildman–Crippen MR) is 145 cm³/mol. The summed E-state index contributed by atoms with van der Waals surface area (Å²) in [6.45, 7) is -0.594. The Morgan fingerprint density at radius 1 is 1.24 bits per heavy atom. The average molecular weight is 597 g/mol. The maximum Gasteiger partial charge on any atom is 0.313 e. The number of nitro groups is 1. The number of nitrogens with zero attached hydrogens (tertiary/aromatic N) is 4. The van der Waals surface area contributed by atoms with Crippen LogP contribution in [0.5, 0.6) is 5.75 Å². The normalized spacial score (nSPS) is 11.4. The first kappa shape index (κ1) is 25.1. The number of fused-ring (bicyclic) bond motifs is 2. The number of rotatable bonds is 7. The molecule has 0 saturated carbocycles. The SMILES string of the molecule is NC(=O)COc1c(Cl)cc(C=Nn2c(-c3cc4cc(Br)ccc4o3)nc3ccccc3c2=O)cc1[N+](=O)[O-]. The molecule has 0 bridgehead atoms. The van der Waals surface area contributed by atoms with E-state index in [4.69, 9.17) is 26.5 Å². The molecule has 38 heavy (non-hydrogen) atoms. The van der Waals surface area contributed by atoms with Crippen LogP contribution in [0.25, 0.3) is 33.5 Å². The highest BCUT2D eigenvalue weighted by Crippen LogP contribution is 2.36. The first-order valence-corrected chi connectivity index (χ1v) is 12.0. The molecule has 5 rings (SSSR count). The van der Waals surface area contributed by atoms with Crippen molar-refractivity contribution in [3.63, 3.8) is 0 Å². The first-order valence-electron chi connectivity index (χ1n) is 10.9. The molecule has 0 aliphatic heterocycles. The number of ether oxygens (including phenoxy) is 1. The molecule has 0 saturated heterocycles. The number of amides is 1. The quantitative estimate of drug-likeness (QED) is 0.159. The summed E-state index contributed by atoms with van der Waals surface area (Å²) in [6.07, 6.45) is 1.22. The van der Waals surface area contributed by atoms with E-state index in [0.29, 0.717) is 16.5 Å². The third-order valence-electron chi connectivity index (χ3n) is 5.38. The zero-order valence-corrected chi connectivity index (χ0v) is 21.5. The molecule has 0 aliphatic rings. The van der Waals surface area contributed by atoms with E-state index < -0.39 is 28.7 Å². The number of aromatic nitrogens is 2. The lowest BCUT2D eigenvalue weighted by molar-refractivity contribution is -0.385. The Labute approximate surface area is 226 Å². The van der Waals surface area contributed by atoms with Gasteiger partial charge in [0.1, 0.15) is 5.58 Å². The number of primary amides is 1. The van der Waals surface area contributed by atoms with Gasteiger partial charge in [0.15, 0.2) is 12.4 Å². The van der Waals surface area contributed by atoms with Gasteiger partial charge in [-0.25, -0.2) is 4.98 Å². The van der Waals surface area contributed by atoms with Crippen molar-refractivity contribution in [2.45, 2.75) is 0 Å². The van der Waals surface area contributed by atoms with E-state index in [-0.39, 0.29) is 27.9 Å². The number of nitro benzene ring substituents is 1. The Balaban J connectivity index is 1.65. The summed E-state index contributed by atoms with van der Waals surface area (Å²) in [5.74, 6) is -0.725. The topological polar surface area (TPSA) is 156 Å². The maximum atomic E-state index is 13.4. The van der Waals surface area contributed by atoms with Crippen LogP contribution in [0, 0.1) is 10.1 Å². The molecular weight excluding hydrogens is 582 g/mol. The van der Waals surface area contributed by atoms with Gasteiger partial charge < -0.3 is 14.9 Å². The smallest absolute Gasteiger partial charge is 0.313 e. The standard InChI is InChI=1S/C25H15BrClN5O6/c26-15-5-6-20-14(9-15)10-21(38-20)24-30-18-4-2-1-3-16(18)25(34)31(24)29-11-13-7-17(27)23(37-12-22(28)33)19(8-13)32(35)36/h1-11H,12H2,(H2,28,33). The fourth-order valence-corrected chi connectivity index (χ4v) is 4.39. The second kappa shape index (κ2) is 10.1. The molecule has 3 aromatic carbocycles. The lowest BCUT2D eigenvalue weighted by Crippen LogP contribution is -2.20. The van der Waals surface area contributed by atoms with Crippen molar-refractivity contribution in [1.82, 2.24) is 9.66 Å². The lowest BCUT2D eigenvalue weighted by Gasteiger charge is -2.09. The summed E-state index contributed by atoms with van der Waals surface area (Å²) < 4.78 is 13.0. The second-order valence-corrected chi connectivity index (χ2v) is 9.29. The zero-order valence-electron chi connectivity index (χ0n) is 19.1. The number of furan rings is 1. The number of hydrogen-bond donors (Lipinski definition) is 1. The van der Waals surface area contributed by atoms with Crippen LogP contribution in [-0.4, -0.2) is 33.3 Å². The fourth-order valence-electron chi connectivity index (χ4n) is 3.73. The highest BCUT2D eigenvalue weighted by Gasteiger charge is 2.22. The van der Waals surface area contributed by atoms with E-state index >= 15 is 0 Å². The largest absolute Gasteiger partial charge is 0.476 e. The Kier molecular flexibility index (Phi) is 6.66. The molecule has 0 unspecified atom stereocenters. The minimum Gasteiger partial charge on any atom is -0.476 e. The number of nitrogens with two attached hydrogens (primary N) is 1.